The van der Waals surface area contributed by atoms with Gasteiger partial charge in [0.05, 0.1) is 17.2 Å². The van der Waals surface area contributed by atoms with Crippen molar-refractivity contribution in [1.29, 1.82) is 0 Å². The maximum atomic E-state index is 14.1. The number of benzene rings is 3. The summed E-state index contributed by atoms with van der Waals surface area (Å²) in [6, 6.07) is 21.4. The Bertz CT molecular complexity index is 1390. The predicted molar refractivity (Wildman–Crippen MR) is 158 cm³/mol. The fourth-order valence-electron chi connectivity index (χ4n) is 4.19. The zero-order valence-electron chi connectivity index (χ0n) is 23.8. The van der Waals surface area contributed by atoms with E-state index in [1.54, 1.807) is 56.3 Å². The van der Waals surface area contributed by atoms with Crippen LogP contribution in [-0.2, 0) is 26.2 Å². The lowest BCUT2D eigenvalue weighted by atomic mass is 10.1. The molecule has 0 radical (unpaired) electrons. The molecule has 0 aliphatic heterocycles. The summed E-state index contributed by atoms with van der Waals surface area (Å²) in [6.45, 7) is 9.21. The SMILES string of the molecule is CCOc1ccccc1N(CC(=O)N(Cc1ccccc1C)[C@H](C)C(=O)N[C@@H](C)CC)S(=O)(=O)c1ccccc1. The third kappa shape index (κ3) is 7.41. The lowest BCUT2D eigenvalue weighted by Gasteiger charge is -2.33. The highest BCUT2D eigenvalue weighted by atomic mass is 32.2. The largest absolute Gasteiger partial charge is 0.492 e. The third-order valence-electron chi connectivity index (χ3n) is 6.81. The second-order valence-electron chi connectivity index (χ2n) is 9.67. The van der Waals surface area contributed by atoms with Gasteiger partial charge in [-0.2, -0.15) is 0 Å². The quantitative estimate of drug-likeness (QED) is 0.317. The first-order valence-corrected chi connectivity index (χ1v) is 15.0. The van der Waals surface area contributed by atoms with Crippen LogP contribution in [0.5, 0.6) is 5.75 Å². The molecule has 3 aromatic carbocycles. The normalized spacial score (nSPS) is 12.7. The summed E-state index contributed by atoms with van der Waals surface area (Å²) in [5.41, 5.74) is 2.07. The minimum absolute atomic E-state index is 0.0436. The van der Waals surface area contributed by atoms with E-state index in [2.05, 4.69) is 5.32 Å². The number of carbonyl (C=O) groups excluding carboxylic acids is 2. The van der Waals surface area contributed by atoms with E-state index in [-0.39, 0.29) is 29.1 Å². The maximum Gasteiger partial charge on any atom is 0.264 e. The second kappa shape index (κ2) is 14.0. The number of hydrogen-bond donors (Lipinski definition) is 1. The predicted octanol–water partition coefficient (Wildman–Crippen LogP) is 4.92. The molecule has 0 aliphatic rings. The van der Waals surface area contributed by atoms with Gasteiger partial charge in [0.1, 0.15) is 18.3 Å². The molecular formula is C31H39N3O5S. The number of carbonyl (C=O) groups is 2. The van der Waals surface area contributed by atoms with Crippen LogP contribution in [0.3, 0.4) is 0 Å². The van der Waals surface area contributed by atoms with Crippen LogP contribution in [0.25, 0.3) is 0 Å². The molecule has 3 aromatic rings. The molecule has 0 aromatic heterocycles. The molecule has 0 bridgehead atoms. The van der Waals surface area contributed by atoms with E-state index >= 15 is 0 Å². The molecular weight excluding hydrogens is 526 g/mol. The van der Waals surface area contributed by atoms with Gasteiger partial charge in [-0.3, -0.25) is 13.9 Å². The number of sulfonamides is 1. The van der Waals surface area contributed by atoms with Gasteiger partial charge in [-0.15, -0.1) is 0 Å². The van der Waals surface area contributed by atoms with Crippen molar-refractivity contribution >= 4 is 27.5 Å². The third-order valence-corrected chi connectivity index (χ3v) is 8.59. The average molecular weight is 566 g/mol. The second-order valence-corrected chi connectivity index (χ2v) is 11.5. The summed E-state index contributed by atoms with van der Waals surface area (Å²) in [4.78, 5) is 28.8. The number of rotatable bonds is 13. The van der Waals surface area contributed by atoms with Crippen molar-refractivity contribution in [1.82, 2.24) is 10.2 Å². The molecule has 3 rings (SSSR count). The van der Waals surface area contributed by atoms with Crippen LogP contribution in [0.4, 0.5) is 5.69 Å². The van der Waals surface area contributed by atoms with Crippen molar-refractivity contribution in [2.45, 2.75) is 64.6 Å². The first kappa shape index (κ1) is 30.7. The zero-order chi connectivity index (χ0) is 29.3. The van der Waals surface area contributed by atoms with Crippen LogP contribution in [0.1, 0.15) is 45.2 Å². The molecule has 2 atom stereocenters. The summed E-state index contributed by atoms with van der Waals surface area (Å²) in [5.74, 6) is -0.477. The Morgan fingerprint density at radius 3 is 2.17 bits per heavy atom. The zero-order valence-corrected chi connectivity index (χ0v) is 24.6. The molecule has 214 valence electrons. The fourth-order valence-corrected chi connectivity index (χ4v) is 5.64. The smallest absolute Gasteiger partial charge is 0.264 e. The Balaban J connectivity index is 2.07. The van der Waals surface area contributed by atoms with E-state index in [0.29, 0.717) is 12.4 Å². The van der Waals surface area contributed by atoms with Crippen LogP contribution < -0.4 is 14.4 Å². The minimum atomic E-state index is -4.17. The van der Waals surface area contributed by atoms with Crippen molar-refractivity contribution in [3.05, 3.63) is 90.0 Å². The first-order valence-electron chi connectivity index (χ1n) is 13.5. The highest BCUT2D eigenvalue weighted by molar-refractivity contribution is 7.92. The topological polar surface area (TPSA) is 96.0 Å². The van der Waals surface area contributed by atoms with E-state index in [4.69, 9.17) is 4.74 Å². The Morgan fingerprint density at radius 1 is 0.900 bits per heavy atom. The number of para-hydroxylation sites is 2. The first-order chi connectivity index (χ1) is 19.1. The monoisotopic (exact) mass is 565 g/mol. The van der Waals surface area contributed by atoms with Crippen LogP contribution in [0.15, 0.2) is 83.8 Å². The molecule has 0 saturated heterocycles. The molecule has 0 fully saturated rings. The summed E-state index contributed by atoms with van der Waals surface area (Å²) in [5, 5.41) is 2.95. The Labute approximate surface area is 238 Å². The number of nitrogens with one attached hydrogen (secondary N) is 1. The standard InChI is InChI=1S/C31H39N3O5S/c1-6-24(4)32-31(36)25(5)33(21-26-16-12-11-15-23(26)3)30(35)22-34(28-19-13-14-20-29(28)39-7-2)40(37,38)27-17-9-8-10-18-27/h8-20,24-25H,6-7,21-22H2,1-5H3,(H,32,36)/t24-,25+/m0/s1. The molecule has 1 N–H and O–H groups in total. The van der Waals surface area contributed by atoms with E-state index < -0.39 is 28.5 Å². The molecule has 0 unspecified atom stereocenters. The van der Waals surface area contributed by atoms with Gasteiger partial charge in [-0.1, -0.05) is 61.5 Å². The lowest BCUT2D eigenvalue weighted by Crippen LogP contribution is -2.52. The Hall–Kier alpha value is -3.85. The molecule has 8 nitrogen and oxygen atoms in total. The van der Waals surface area contributed by atoms with Gasteiger partial charge < -0.3 is 15.0 Å². The number of nitrogens with zero attached hydrogens (tertiary/aromatic N) is 2. The molecule has 0 heterocycles. The summed E-state index contributed by atoms with van der Waals surface area (Å²) < 4.78 is 34.8. The van der Waals surface area contributed by atoms with E-state index in [0.717, 1.165) is 21.9 Å². The Kier molecular flexibility index (Phi) is 10.7. The van der Waals surface area contributed by atoms with Crippen molar-refractivity contribution in [2.75, 3.05) is 17.5 Å². The lowest BCUT2D eigenvalue weighted by molar-refractivity contribution is -0.139. The minimum Gasteiger partial charge on any atom is -0.492 e. The van der Waals surface area contributed by atoms with Crippen molar-refractivity contribution < 1.29 is 22.7 Å². The van der Waals surface area contributed by atoms with Gasteiger partial charge in [-0.05, 0) is 69.5 Å². The fraction of sp³-hybridized carbons (Fsp3) is 0.355. The van der Waals surface area contributed by atoms with Crippen LogP contribution in [0.2, 0.25) is 0 Å². The van der Waals surface area contributed by atoms with Crippen LogP contribution >= 0.6 is 0 Å². The van der Waals surface area contributed by atoms with E-state index in [9.17, 15) is 18.0 Å². The highest BCUT2D eigenvalue weighted by Gasteiger charge is 2.34. The average Bonchev–Trinajstić information content (AvgIpc) is 2.96. The molecule has 0 aliphatic carbocycles. The summed E-state index contributed by atoms with van der Waals surface area (Å²) >= 11 is 0. The van der Waals surface area contributed by atoms with Gasteiger partial charge in [0.15, 0.2) is 0 Å². The maximum absolute atomic E-state index is 14.1. The summed E-state index contributed by atoms with van der Waals surface area (Å²) in [6.07, 6.45) is 0.738. The van der Waals surface area contributed by atoms with Crippen LogP contribution in [-0.4, -0.2) is 50.4 Å². The van der Waals surface area contributed by atoms with Crippen molar-refractivity contribution in [3.63, 3.8) is 0 Å². The van der Waals surface area contributed by atoms with Crippen LogP contribution in [0, 0.1) is 6.92 Å². The van der Waals surface area contributed by atoms with E-state index in [1.165, 1.54) is 17.0 Å². The molecule has 40 heavy (non-hydrogen) atoms. The number of hydrogen-bond acceptors (Lipinski definition) is 5. The van der Waals surface area contributed by atoms with E-state index in [1.807, 2.05) is 45.0 Å². The number of anilines is 1. The number of ether oxygens (including phenoxy) is 1. The van der Waals surface area contributed by atoms with Crippen molar-refractivity contribution in [3.8, 4) is 5.75 Å². The number of amides is 2. The van der Waals surface area contributed by atoms with Gasteiger partial charge >= 0.3 is 0 Å². The molecule has 0 spiro atoms. The highest BCUT2D eigenvalue weighted by Crippen LogP contribution is 2.33. The molecule has 2 amide bonds. The van der Waals surface area contributed by atoms with Gasteiger partial charge in [0.2, 0.25) is 11.8 Å². The van der Waals surface area contributed by atoms with Gasteiger partial charge in [0, 0.05) is 12.6 Å². The Morgan fingerprint density at radius 2 is 1.52 bits per heavy atom. The van der Waals surface area contributed by atoms with Crippen molar-refractivity contribution in [2.24, 2.45) is 0 Å². The summed E-state index contributed by atoms with van der Waals surface area (Å²) in [7, 11) is -4.17. The molecule has 9 heteroatoms. The molecule has 0 saturated carbocycles. The number of aryl methyl sites for hydroxylation is 1. The van der Waals surface area contributed by atoms with Gasteiger partial charge in [-0.25, -0.2) is 8.42 Å². The van der Waals surface area contributed by atoms with Gasteiger partial charge in [0.25, 0.3) is 10.0 Å².